The zero-order chi connectivity index (χ0) is 25.4. The Morgan fingerprint density at radius 2 is 1.71 bits per heavy atom. The summed E-state index contributed by atoms with van der Waals surface area (Å²) in [6.07, 6.45) is 6.21. The van der Waals surface area contributed by atoms with Crippen LogP contribution in [0.3, 0.4) is 0 Å². The molecule has 1 amide bonds. The van der Waals surface area contributed by atoms with Crippen LogP contribution in [0.4, 0.5) is 0 Å². The van der Waals surface area contributed by atoms with Crippen molar-refractivity contribution in [2.75, 3.05) is 6.54 Å². The zero-order valence-corrected chi connectivity index (χ0v) is 20.9. The second-order valence-corrected chi connectivity index (χ2v) is 10.9. The molecule has 3 rings (SSSR count). The summed E-state index contributed by atoms with van der Waals surface area (Å²) in [5, 5.41) is 10.6. The van der Waals surface area contributed by atoms with Gasteiger partial charge in [-0.1, -0.05) is 32.0 Å². The van der Waals surface area contributed by atoms with E-state index in [2.05, 4.69) is 20.2 Å². The summed E-state index contributed by atoms with van der Waals surface area (Å²) in [7, 11) is -3.94. The highest BCUT2D eigenvalue weighted by atomic mass is 32.2. The summed E-state index contributed by atoms with van der Waals surface area (Å²) in [5.41, 5.74) is 1.98. The molecule has 2 atom stereocenters. The number of hydrogen-bond acceptors (Lipinski definition) is 7. The van der Waals surface area contributed by atoms with Crippen LogP contribution in [0.5, 0.6) is 0 Å². The van der Waals surface area contributed by atoms with Gasteiger partial charge in [0, 0.05) is 18.9 Å². The molecule has 2 heterocycles. The van der Waals surface area contributed by atoms with Crippen molar-refractivity contribution in [1.29, 1.82) is 0 Å². The lowest BCUT2D eigenvalue weighted by molar-refractivity contribution is -0.141. The summed E-state index contributed by atoms with van der Waals surface area (Å²) in [6, 6.07) is 6.77. The van der Waals surface area contributed by atoms with Crippen LogP contribution in [0.2, 0.25) is 0 Å². The van der Waals surface area contributed by atoms with Crippen LogP contribution < -0.4 is 10.0 Å². The van der Waals surface area contributed by atoms with E-state index in [4.69, 9.17) is 0 Å². The smallest absolute Gasteiger partial charge is 0.287 e. The molecular weight excluding hydrogens is 468 g/mol. The third-order valence-electron chi connectivity index (χ3n) is 6.22. The van der Waals surface area contributed by atoms with Crippen LogP contribution in [-0.2, 0) is 37.2 Å². The fourth-order valence-electron chi connectivity index (χ4n) is 4.17. The van der Waals surface area contributed by atoms with E-state index < -0.39 is 39.5 Å². The Hall–Kier alpha value is -2.98. The molecule has 9 nitrogen and oxygen atoms in total. The SMILES string of the molecule is CC(C)C(NS(=O)(=O)c1ccccc1)C(=O)CC1CCc2cnncc2CCCCNC(=O)C1=O. The van der Waals surface area contributed by atoms with Crippen LogP contribution >= 0.6 is 0 Å². The highest BCUT2D eigenvalue weighted by Gasteiger charge is 2.33. The predicted octanol–water partition coefficient (Wildman–Crippen LogP) is 2.01. The summed E-state index contributed by atoms with van der Waals surface area (Å²) in [5.74, 6) is -3.01. The van der Waals surface area contributed by atoms with Gasteiger partial charge in [-0.05, 0) is 61.3 Å². The molecule has 0 saturated heterocycles. The van der Waals surface area contributed by atoms with Crippen LogP contribution in [-0.4, -0.2) is 48.7 Å². The van der Waals surface area contributed by atoms with Crippen molar-refractivity contribution in [3.8, 4) is 0 Å². The minimum atomic E-state index is -3.94. The van der Waals surface area contributed by atoms with E-state index in [0.717, 1.165) is 24.0 Å². The monoisotopic (exact) mass is 500 g/mol. The lowest BCUT2D eigenvalue weighted by Crippen LogP contribution is -2.46. The van der Waals surface area contributed by atoms with Gasteiger partial charge in [0.15, 0.2) is 5.78 Å². The van der Waals surface area contributed by atoms with Gasteiger partial charge >= 0.3 is 0 Å². The van der Waals surface area contributed by atoms with Crippen LogP contribution in [0.25, 0.3) is 0 Å². The average molecular weight is 501 g/mol. The second-order valence-electron chi connectivity index (χ2n) is 9.18. The number of rotatable bonds is 7. The number of nitrogens with zero attached hydrogens (tertiary/aromatic N) is 2. The number of amides is 1. The van der Waals surface area contributed by atoms with Gasteiger partial charge in [0.25, 0.3) is 5.91 Å². The van der Waals surface area contributed by atoms with E-state index in [1.165, 1.54) is 12.1 Å². The van der Waals surface area contributed by atoms with Gasteiger partial charge in [0.1, 0.15) is 0 Å². The van der Waals surface area contributed by atoms with Gasteiger partial charge in [0.05, 0.1) is 23.3 Å². The molecule has 188 valence electrons. The Labute approximate surface area is 206 Å². The first-order valence-corrected chi connectivity index (χ1v) is 13.4. The summed E-state index contributed by atoms with van der Waals surface area (Å²) in [6.45, 7) is 3.84. The predicted molar refractivity (Wildman–Crippen MR) is 130 cm³/mol. The number of hydrogen-bond donors (Lipinski definition) is 2. The molecule has 10 heteroatoms. The van der Waals surface area contributed by atoms with Crippen LogP contribution in [0.1, 0.15) is 50.7 Å². The van der Waals surface area contributed by atoms with E-state index in [0.29, 0.717) is 19.4 Å². The molecule has 0 aliphatic carbocycles. The van der Waals surface area contributed by atoms with Gasteiger partial charge in [0.2, 0.25) is 15.8 Å². The minimum Gasteiger partial charge on any atom is -0.349 e. The molecule has 2 unspecified atom stereocenters. The zero-order valence-electron chi connectivity index (χ0n) is 20.1. The topological polar surface area (TPSA) is 135 Å². The Morgan fingerprint density at radius 1 is 1.06 bits per heavy atom. The maximum Gasteiger partial charge on any atom is 0.287 e. The largest absolute Gasteiger partial charge is 0.349 e. The number of carbonyl (C=O) groups excluding carboxylic acids is 3. The number of benzene rings is 1. The van der Waals surface area contributed by atoms with E-state index >= 15 is 0 Å². The van der Waals surface area contributed by atoms with Crippen molar-refractivity contribution in [2.24, 2.45) is 11.8 Å². The molecule has 0 fully saturated rings. The van der Waals surface area contributed by atoms with Crippen LogP contribution in [0.15, 0.2) is 47.6 Å². The van der Waals surface area contributed by atoms with Gasteiger partial charge in [-0.2, -0.15) is 10.2 Å². The molecule has 2 N–H and O–H groups in total. The average Bonchev–Trinajstić information content (AvgIpc) is 2.84. The summed E-state index contributed by atoms with van der Waals surface area (Å²) < 4.78 is 28.2. The number of aromatic nitrogens is 2. The number of sulfonamides is 1. The summed E-state index contributed by atoms with van der Waals surface area (Å²) in [4.78, 5) is 38.8. The molecule has 1 aromatic carbocycles. The highest BCUT2D eigenvalue weighted by molar-refractivity contribution is 7.89. The summed E-state index contributed by atoms with van der Waals surface area (Å²) >= 11 is 0. The number of carbonyl (C=O) groups is 3. The van der Waals surface area contributed by atoms with E-state index in [9.17, 15) is 22.8 Å². The molecular formula is C25H32N4O5S. The van der Waals surface area contributed by atoms with Crippen molar-refractivity contribution < 1.29 is 22.8 Å². The third kappa shape index (κ3) is 7.25. The molecule has 0 radical (unpaired) electrons. The molecule has 1 aromatic heterocycles. The molecule has 1 aliphatic rings. The molecule has 0 saturated carbocycles. The quantitative estimate of drug-likeness (QED) is 0.555. The van der Waals surface area contributed by atoms with Gasteiger partial charge in [-0.3, -0.25) is 14.4 Å². The normalized spacial score (nSPS) is 18.7. The first-order chi connectivity index (χ1) is 16.7. The third-order valence-corrected chi connectivity index (χ3v) is 7.68. The lowest BCUT2D eigenvalue weighted by Gasteiger charge is -2.24. The van der Waals surface area contributed by atoms with Gasteiger partial charge < -0.3 is 5.32 Å². The first kappa shape index (κ1) is 26.6. The van der Waals surface area contributed by atoms with E-state index in [1.807, 2.05) is 0 Å². The highest BCUT2D eigenvalue weighted by Crippen LogP contribution is 2.22. The van der Waals surface area contributed by atoms with Crippen molar-refractivity contribution in [1.82, 2.24) is 20.2 Å². The molecule has 35 heavy (non-hydrogen) atoms. The minimum absolute atomic E-state index is 0.0534. The van der Waals surface area contributed by atoms with Crippen molar-refractivity contribution in [2.45, 2.75) is 63.3 Å². The number of aryl methyl sites for hydroxylation is 2. The maximum absolute atomic E-state index is 13.3. The number of fused-ring (bicyclic) bond motifs is 1. The Balaban J connectivity index is 1.81. The Morgan fingerprint density at radius 3 is 2.37 bits per heavy atom. The molecule has 1 aliphatic heterocycles. The number of nitrogens with one attached hydrogen (secondary N) is 2. The van der Waals surface area contributed by atoms with Crippen molar-refractivity contribution >= 4 is 27.5 Å². The van der Waals surface area contributed by atoms with Crippen LogP contribution in [0, 0.1) is 11.8 Å². The number of Topliss-reactive ketones (excluding diaryl/α,β-unsaturated/α-hetero) is 2. The second kappa shape index (κ2) is 12.1. The van der Waals surface area contributed by atoms with E-state index in [-0.39, 0.29) is 23.7 Å². The standard InChI is InChI=1S/C25H32N4O5S/c1-17(2)23(29-35(33,34)21-9-4-3-5-10-21)22(30)14-18-11-12-20-16-28-27-15-19(20)8-6-7-13-26-25(32)24(18)31/h3-5,9-10,15-18,23,29H,6-8,11-14H2,1-2H3,(H,26,32). The molecule has 0 bridgehead atoms. The van der Waals surface area contributed by atoms with Gasteiger partial charge in [-0.25, -0.2) is 13.1 Å². The molecule has 0 spiro atoms. The first-order valence-electron chi connectivity index (χ1n) is 11.9. The fourth-order valence-corrected chi connectivity index (χ4v) is 5.56. The maximum atomic E-state index is 13.3. The van der Waals surface area contributed by atoms with Crippen molar-refractivity contribution in [3.05, 3.63) is 53.9 Å². The lowest BCUT2D eigenvalue weighted by atomic mass is 9.86. The van der Waals surface area contributed by atoms with Crippen molar-refractivity contribution in [3.63, 3.8) is 0 Å². The fraction of sp³-hybridized carbons (Fsp3) is 0.480. The Bertz CT molecular complexity index is 1150. The van der Waals surface area contributed by atoms with Gasteiger partial charge in [-0.15, -0.1) is 0 Å². The molecule has 2 aromatic rings. The van der Waals surface area contributed by atoms with E-state index in [1.54, 1.807) is 44.4 Å². The Kier molecular flexibility index (Phi) is 9.22. The number of ketones is 2.